The van der Waals surface area contributed by atoms with Gasteiger partial charge in [-0.15, -0.1) is 0 Å². The van der Waals surface area contributed by atoms with Gasteiger partial charge in [0.15, 0.2) is 9.84 Å². The predicted molar refractivity (Wildman–Crippen MR) is 60.8 cm³/mol. The van der Waals surface area contributed by atoms with Crippen LogP contribution in [0.5, 0.6) is 0 Å². The van der Waals surface area contributed by atoms with E-state index in [1.165, 1.54) is 0 Å². The van der Waals surface area contributed by atoms with Crippen molar-refractivity contribution >= 4 is 27.6 Å². The van der Waals surface area contributed by atoms with E-state index in [2.05, 4.69) is 0 Å². The largest absolute Gasteiger partial charge is 0.544 e. The molecule has 0 spiro atoms. The number of carbonyl (C=O) groups is 1. The summed E-state index contributed by atoms with van der Waals surface area (Å²) in [5.41, 5.74) is 0. The monoisotopic (exact) mass is 267 g/mol. The number of nitrogens with two attached hydrogens (primary N) is 1. The van der Waals surface area contributed by atoms with E-state index in [0.717, 1.165) is 5.75 Å². The average Bonchev–Trinajstić information content (AvgIpc) is 2.52. The number of hydrogen-bond donors (Lipinski definition) is 1. The van der Waals surface area contributed by atoms with Gasteiger partial charge in [-0.05, 0) is 12.0 Å². The first-order valence-electron chi connectivity index (χ1n) is 5.20. The van der Waals surface area contributed by atoms with Crippen LogP contribution in [0.4, 0.5) is 0 Å². The number of aliphatic carboxylic acids is 1. The Labute approximate surface area is 99.9 Å². The lowest BCUT2D eigenvalue weighted by Gasteiger charge is -2.19. The molecule has 7 heteroatoms. The van der Waals surface area contributed by atoms with Gasteiger partial charge in [0.2, 0.25) is 0 Å². The van der Waals surface area contributed by atoms with E-state index in [0.29, 0.717) is 12.8 Å². The fourth-order valence-electron chi connectivity index (χ4n) is 1.84. The van der Waals surface area contributed by atoms with Gasteiger partial charge in [0.1, 0.15) is 17.8 Å². The fourth-order valence-corrected chi connectivity index (χ4v) is 4.09. The molecule has 0 aliphatic carbocycles. The molecule has 0 bridgehead atoms. The molecule has 0 saturated carbocycles. The second kappa shape index (κ2) is 5.88. The van der Waals surface area contributed by atoms with Crippen LogP contribution in [0.1, 0.15) is 12.8 Å². The van der Waals surface area contributed by atoms with E-state index >= 15 is 0 Å². The Bertz CT molecular complexity index is 341. The second-order valence-corrected chi connectivity index (χ2v) is 7.28. The average molecular weight is 267 g/mol. The summed E-state index contributed by atoms with van der Waals surface area (Å²) in [5, 5.41) is 12.5. The van der Waals surface area contributed by atoms with Crippen molar-refractivity contribution in [3.05, 3.63) is 0 Å². The lowest BCUT2D eigenvalue weighted by Crippen LogP contribution is -2.98. The molecule has 1 saturated heterocycles. The molecule has 0 radical (unpaired) electrons. The van der Waals surface area contributed by atoms with Crippen molar-refractivity contribution in [2.24, 2.45) is 0 Å². The molecule has 0 amide bonds. The zero-order chi connectivity index (χ0) is 12.2. The Morgan fingerprint density at radius 2 is 2.31 bits per heavy atom. The highest BCUT2D eigenvalue weighted by molar-refractivity contribution is 7.98. The number of sulfone groups is 1. The zero-order valence-electron chi connectivity index (χ0n) is 9.22. The first-order valence-corrected chi connectivity index (χ1v) is 8.41. The maximum absolute atomic E-state index is 11.2. The fraction of sp³-hybridized carbons (Fsp3) is 0.889. The van der Waals surface area contributed by atoms with E-state index in [1.807, 2.05) is 6.26 Å². The summed E-state index contributed by atoms with van der Waals surface area (Å²) in [5.74, 6) is -0.0837. The maximum atomic E-state index is 11.2. The molecule has 16 heavy (non-hydrogen) atoms. The number of hydrogen-bond acceptors (Lipinski definition) is 5. The van der Waals surface area contributed by atoms with Gasteiger partial charge in [-0.2, -0.15) is 11.8 Å². The van der Waals surface area contributed by atoms with Crippen molar-refractivity contribution in [1.82, 2.24) is 0 Å². The molecule has 1 aliphatic rings. The smallest absolute Gasteiger partial charge is 0.156 e. The minimum Gasteiger partial charge on any atom is -0.544 e. The van der Waals surface area contributed by atoms with Crippen LogP contribution < -0.4 is 10.4 Å². The lowest BCUT2D eigenvalue weighted by atomic mass is 10.2. The van der Waals surface area contributed by atoms with Gasteiger partial charge in [0.05, 0.1) is 11.7 Å². The highest BCUT2D eigenvalue weighted by Crippen LogP contribution is 2.08. The van der Waals surface area contributed by atoms with Crippen LogP contribution in [-0.2, 0) is 14.6 Å². The summed E-state index contributed by atoms with van der Waals surface area (Å²) < 4.78 is 22.4. The number of thioether (sulfide) groups is 1. The van der Waals surface area contributed by atoms with Gasteiger partial charge >= 0.3 is 0 Å². The molecular weight excluding hydrogens is 250 g/mol. The van der Waals surface area contributed by atoms with Gasteiger partial charge in [-0.25, -0.2) is 8.42 Å². The minimum absolute atomic E-state index is 0.0933. The number of carbonyl (C=O) groups excluding carboxylic acids is 1. The van der Waals surface area contributed by atoms with Crippen LogP contribution in [0.25, 0.3) is 0 Å². The Morgan fingerprint density at radius 3 is 2.75 bits per heavy atom. The molecule has 0 unspecified atom stereocenters. The molecule has 94 valence electrons. The summed E-state index contributed by atoms with van der Waals surface area (Å²) >= 11 is 1.58. The highest BCUT2D eigenvalue weighted by Gasteiger charge is 2.32. The molecule has 1 rings (SSSR count). The molecule has 1 aliphatic heterocycles. The number of rotatable bonds is 6. The van der Waals surface area contributed by atoms with E-state index in [-0.39, 0.29) is 17.5 Å². The Kier molecular flexibility index (Phi) is 5.07. The van der Waals surface area contributed by atoms with E-state index in [1.54, 1.807) is 17.1 Å². The Balaban J connectivity index is 2.46. The van der Waals surface area contributed by atoms with Gasteiger partial charge < -0.3 is 15.2 Å². The summed E-state index contributed by atoms with van der Waals surface area (Å²) in [6.07, 6.45) is 2.97. The van der Waals surface area contributed by atoms with Crippen molar-refractivity contribution < 1.29 is 23.6 Å². The molecule has 1 fully saturated rings. The second-order valence-electron chi connectivity index (χ2n) is 4.06. The van der Waals surface area contributed by atoms with Crippen LogP contribution >= 0.6 is 11.8 Å². The van der Waals surface area contributed by atoms with Crippen molar-refractivity contribution in [2.75, 3.05) is 23.5 Å². The summed E-state index contributed by atoms with van der Waals surface area (Å²) in [6.45, 7) is 0. The summed E-state index contributed by atoms with van der Waals surface area (Å²) in [6, 6.07) is -0.736. The third-order valence-corrected chi connectivity index (χ3v) is 5.15. The van der Waals surface area contributed by atoms with E-state index < -0.39 is 21.8 Å². The predicted octanol–water partition coefficient (Wildman–Crippen LogP) is -2.39. The van der Waals surface area contributed by atoms with E-state index in [4.69, 9.17) is 0 Å². The van der Waals surface area contributed by atoms with Crippen molar-refractivity contribution in [2.45, 2.75) is 24.9 Å². The highest BCUT2D eigenvalue weighted by atomic mass is 32.2. The van der Waals surface area contributed by atoms with Crippen LogP contribution in [0.3, 0.4) is 0 Å². The molecule has 5 nitrogen and oxygen atoms in total. The molecule has 2 atom stereocenters. The summed E-state index contributed by atoms with van der Waals surface area (Å²) in [4.78, 5) is 10.9. The molecule has 2 N–H and O–H groups in total. The van der Waals surface area contributed by atoms with Gasteiger partial charge in [0, 0.05) is 12.8 Å². The number of carboxylic acid groups (broad SMARTS) is 1. The standard InChI is InChI=1S/C9H17NO4S2/c1-15-4-2-8(9(11)12)10-7-3-5-16(13,14)6-7/h7-8,10H,2-6H2,1H3,(H,11,12)/t7-,8+/m1/s1. The van der Waals surface area contributed by atoms with Crippen molar-refractivity contribution in [3.8, 4) is 0 Å². The van der Waals surface area contributed by atoms with Gasteiger partial charge in [0.25, 0.3) is 0 Å². The van der Waals surface area contributed by atoms with Crippen LogP contribution in [0, 0.1) is 0 Å². The molecule has 0 aromatic rings. The third-order valence-electron chi connectivity index (χ3n) is 2.71. The van der Waals surface area contributed by atoms with Crippen LogP contribution in [-0.4, -0.2) is 50.0 Å². The normalized spacial score (nSPS) is 25.4. The SMILES string of the molecule is CSCC[C@H]([NH2+][C@@H]1CCS(=O)(=O)C1)C(=O)[O-]. The Hall–Kier alpha value is -0.270. The molecule has 0 aromatic heterocycles. The van der Waals surface area contributed by atoms with E-state index in [9.17, 15) is 18.3 Å². The Morgan fingerprint density at radius 1 is 1.62 bits per heavy atom. The third kappa shape index (κ3) is 4.31. The summed E-state index contributed by atoms with van der Waals surface area (Å²) in [7, 11) is -2.94. The van der Waals surface area contributed by atoms with Crippen LogP contribution in [0.15, 0.2) is 0 Å². The quantitative estimate of drug-likeness (QED) is 0.580. The number of carboxylic acids is 1. The maximum Gasteiger partial charge on any atom is 0.156 e. The van der Waals surface area contributed by atoms with Crippen LogP contribution in [0.2, 0.25) is 0 Å². The minimum atomic E-state index is -2.94. The molecular formula is C9H17NO4S2. The number of quaternary nitrogens is 1. The van der Waals surface area contributed by atoms with Crippen molar-refractivity contribution in [1.29, 1.82) is 0 Å². The topological polar surface area (TPSA) is 90.9 Å². The molecule has 0 aromatic carbocycles. The lowest BCUT2D eigenvalue weighted by molar-refractivity contribution is -0.710. The first kappa shape index (κ1) is 13.8. The first-order chi connectivity index (χ1) is 7.44. The zero-order valence-corrected chi connectivity index (χ0v) is 10.9. The van der Waals surface area contributed by atoms with Gasteiger partial charge in [-0.3, -0.25) is 0 Å². The van der Waals surface area contributed by atoms with Crippen molar-refractivity contribution in [3.63, 3.8) is 0 Å². The molecule has 1 heterocycles. The van der Waals surface area contributed by atoms with Gasteiger partial charge in [-0.1, -0.05) is 0 Å².